The number of amides is 1. The molecule has 0 saturated carbocycles. The lowest BCUT2D eigenvalue weighted by molar-refractivity contribution is -0.124. The van der Waals surface area contributed by atoms with Gasteiger partial charge >= 0.3 is 0 Å². The van der Waals surface area contributed by atoms with Gasteiger partial charge in [-0.25, -0.2) is 0 Å². The van der Waals surface area contributed by atoms with Gasteiger partial charge in [0.1, 0.15) is 0 Å². The van der Waals surface area contributed by atoms with E-state index in [1.165, 1.54) is 0 Å². The van der Waals surface area contributed by atoms with E-state index in [0.717, 1.165) is 13.1 Å². The van der Waals surface area contributed by atoms with Crippen LogP contribution in [0.3, 0.4) is 0 Å². The molecule has 0 aromatic carbocycles. The lowest BCUT2D eigenvalue weighted by Crippen LogP contribution is -2.49. The van der Waals surface area contributed by atoms with Gasteiger partial charge < -0.3 is 16.0 Å². The molecule has 6 heteroatoms. The van der Waals surface area contributed by atoms with E-state index in [9.17, 15) is 4.79 Å². The van der Waals surface area contributed by atoms with Gasteiger partial charge in [0, 0.05) is 13.1 Å². The predicted molar refractivity (Wildman–Crippen MR) is 78.1 cm³/mol. The molecule has 0 bridgehead atoms. The topological polar surface area (TPSA) is 58.4 Å². The normalized spacial score (nSPS) is 12.4. The quantitative estimate of drug-likeness (QED) is 0.801. The van der Waals surface area contributed by atoms with Gasteiger partial charge in [0.25, 0.3) is 0 Å². The molecule has 1 atom stereocenters. The van der Waals surface area contributed by atoms with Crippen molar-refractivity contribution < 1.29 is 4.79 Å². The molecule has 3 N–H and O–H groups in total. The number of hydrogen-bond donors (Lipinski definition) is 2. The molecule has 17 heavy (non-hydrogen) atoms. The zero-order valence-corrected chi connectivity index (χ0v) is 13.1. The summed E-state index contributed by atoms with van der Waals surface area (Å²) >= 11 is 0. The van der Waals surface area contributed by atoms with Crippen molar-refractivity contribution in [2.75, 3.05) is 26.7 Å². The lowest BCUT2D eigenvalue weighted by Gasteiger charge is -2.26. The molecule has 0 saturated heterocycles. The van der Waals surface area contributed by atoms with Crippen molar-refractivity contribution >= 4 is 30.7 Å². The Morgan fingerprint density at radius 1 is 1.35 bits per heavy atom. The van der Waals surface area contributed by atoms with E-state index < -0.39 is 6.04 Å². The highest BCUT2D eigenvalue weighted by Crippen LogP contribution is 2.16. The molecule has 0 heterocycles. The third-order valence-corrected chi connectivity index (χ3v) is 2.55. The molecule has 106 valence electrons. The maximum absolute atomic E-state index is 11.6. The number of likely N-dealkylation sites (N-methyl/N-ethyl adjacent to an activating group) is 1. The van der Waals surface area contributed by atoms with Crippen LogP contribution in [0.15, 0.2) is 0 Å². The first-order chi connectivity index (χ1) is 6.79. The van der Waals surface area contributed by atoms with Gasteiger partial charge in [0.2, 0.25) is 5.91 Å². The minimum Gasteiger partial charge on any atom is -0.353 e. The summed E-state index contributed by atoms with van der Waals surface area (Å²) in [5, 5.41) is 2.85. The highest BCUT2D eigenvalue weighted by atomic mass is 35.5. The van der Waals surface area contributed by atoms with Gasteiger partial charge in [-0.3, -0.25) is 4.79 Å². The summed E-state index contributed by atoms with van der Waals surface area (Å²) in [6.07, 6.45) is 0. The molecule has 0 aromatic rings. The van der Waals surface area contributed by atoms with E-state index in [0.29, 0.717) is 6.54 Å². The Kier molecular flexibility index (Phi) is 13.0. The zero-order valence-electron chi connectivity index (χ0n) is 11.4. The molecule has 0 fully saturated rings. The van der Waals surface area contributed by atoms with Crippen molar-refractivity contribution in [1.82, 2.24) is 10.2 Å². The van der Waals surface area contributed by atoms with E-state index in [2.05, 4.69) is 17.1 Å². The van der Waals surface area contributed by atoms with Crippen LogP contribution < -0.4 is 11.1 Å². The molecule has 0 aliphatic rings. The van der Waals surface area contributed by atoms with Crippen LogP contribution in [0.5, 0.6) is 0 Å². The maximum Gasteiger partial charge on any atom is 0.237 e. The third-order valence-electron chi connectivity index (χ3n) is 2.55. The SMILES string of the molecule is CCN(C)CCNC(=O)[C@@H](N)C(C)(C)C.Cl.Cl. The van der Waals surface area contributed by atoms with Crippen molar-refractivity contribution in [3.05, 3.63) is 0 Å². The minimum absolute atomic E-state index is 0. The fourth-order valence-electron chi connectivity index (χ4n) is 1.03. The van der Waals surface area contributed by atoms with E-state index in [4.69, 9.17) is 5.73 Å². The van der Waals surface area contributed by atoms with Crippen LogP contribution in [-0.2, 0) is 4.79 Å². The Labute approximate surface area is 118 Å². The van der Waals surface area contributed by atoms with Crippen LogP contribution in [0, 0.1) is 5.41 Å². The second-order valence-electron chi connectivity index (χ2n) is 5.03. The second-order valence-corrected chi connectivity index (χ2v) is 5.03. The first-order valence-electron chi connectivity index (χ1n) is 5.51. The average Bonchev–Trinajstić information content (AvgIpc) is 2.14. The number of rotatable bonds is 5. The molecule has 0 aliphatic heterocycles. The lowest BCUT2D eigenvalue weighted by atomic mass is 9.87. The number of nitrogens with one attached hydrogen (secondary N) is 1. The van der Waals surface area contributed by atoms with Crippen molar-refractivity contribution in [2.45, 2.75) is 33.7 Å². The van der Waals surface area contributed by atoms with Gasteiger partial charge in [-0.2, -0.15) is 0 Å². The Hall–Kier alpha value is -0.0300. The fraction of sp³-hybridized carbons (Fsp3) is 0.909. The standard InChI is InChI=1S/C11H25N3O.2ClH/c1-6-14(5)8-7-13-10(15)9(12)11(2,3)4;;/h9H,6-8,12H2,1-5H3,(H,13,15);2*1H/t9-;;/m1../s1. The van der Waals surface area contributed by atoms with Crippen LogP contribution in [0.2, 0.25) is 0 Å². The molecule has 0 rings (SSSR count). The summed E-state index contributed by atoms with van der Waals surface area (Å²) in [4.78, 5) is 13.7. The number of carbonyl (C=O) groups excluding carboxylic acids is 1. The van der Waals surface area contributed by atoms with Gasteiger partial charge in [-0.05, 0) is 19.0 Å². The van der Waals surface area contributed by atoms with Crippen LogP contribution in [-0.4, -0.2) is 43.5 Å². The Balaban J connectivity index is -0.000000980. The summed E-state index contributed by atoms with van der Waals surface area (Å²) in [5.41, 5.74) is 5.64. The molecule has 0 aliphatic carbocycles. The van der Waals surface area contributed by atoms with Crippen molar-refractivity contribution in [3.63, 3.8) is 0 Å². The second kappa shape index (κ2) is 9.95. The van der Waals surface area contributed by atoms with Gasteiger partial charge in [-0.15, -0.1) is 24.8 Å². The summed E-state index contributed by atoms with van der Waals surface area (Å²) in [5.74, 6) is -0.0630. The van der Waals surface area contributed by atoms with E-state index >= 15 is 0 Å². The summed E-state index contributed by atoms with van der Waals surface area (Å²) in [7, 11) is 2.02. The largest absolute Gasteiger partial charge is 0.353 e. The number of nitrogens with zero attached hydrogens (tertiary/aromatic N) is 1. The predicted octanol–water partition coefficient (Wildman–Crippen LogP) is 1.27. The molecule has 1 amide bonds. The maximum atomic E-state index is 11.6. The summed E-state index contributed by atoms with van der Waals surface area (Å²) in [6.45, 7) is 10.5. The zero-order chi connectivity index (χ0) is 12.1. The number of halogens is 2. The molecular formula is C11H27Cl2N3O. The number of carbonyl (C=O) groups is 1. The smallest absolute Gasteiger partial charge is 0.237 e. The molecule has 4 nitrogen and oxygen atoms in total. The van der Waals surface area contributed by atoms with E-state index in [-0.39, 0.29) is 36.1 Å². The Morgan fingerprint density at radius 3 is 2.18 bits per heavy atom. The third kappa shape index (κ3) is 9.65. The van der Waals surface area contributed by atoms with Crippen molar-refractivity contribution in [2.24, 2.45) is 11.1 Å². The van der Waals surface area contributed by atoms with Crippen molar-refractivity contribution in [1.29, 1.82) is 0 Å². The minimum atomic E-state index is -0.440. The first-order valence-corrected chi connectivity index (χ1v) is 5.51. The van der Waals surface area contributed by atoms with Gasteiger partial charge in [0.15, 0.2) is 0 Å². The van der Waals surface area contributed by atoms with Gasteiger partial charge in [0.05, 0.1) is 6.04 Å². The Bertz CT molecular complexity index is 207. The molecule has 0 unspecified atom stereocenters. The highest BCUT2D eigenvalue weighted by Gasteiger charge is 2.26. The molecule has 0 aromatic heterocycles. The summed E-state index contributed by atoms with van der Waals surface area (Å²) in [6, 6.07) is -0.440. The van der Waals surface area contributed by atoms with Crippen LogP contribution in [0.25, 0.3) is 0 Å². The van der Waals surface area contributed by atoms with Crippen LogP contribution >= 0.6 is 24.8 Å². The number of nitrogens with two attached hydrogens (primary N) is 1. The highest BCUT2D eigenvalue weighted by molar-refractivity contribution is 5.85. The average molecular weight is 288 g/mol. The van der Waals surface area contributed by atoms with E-state index in [1.807, 2.05) is 27.8 Å². The van der Waals surface area contributed by atoms with Crippen LogP contribution in [0.4, 0.5) is 0 Å². The Morgan fingerprint density at radius 2 is 1.82 bits per heavy atom. The van der Waals surface area contributed by atoms with Crippen molar-refractivity contribution in [3.8, 4) is 0 Å². The molecular weight excluding hydrogens is 261 g/mol. The molecule has 0 spiro atoms. The monoisotopic (exact) mass is 287 g/mol. The summed E-state index contributed by atoms with van der Waals surface area (Å²) < 4.78 is 0. The molecule has 0 radical (unpaired) electrons. The van der Waals surface area contributed by atoms with E-state index in [1.54, 1.807) is 0 Å². The van der Waals surface area contributed by atoms with Crippen LogP contribution in [0.1, 0.15) is 27.7 Å². The first kappa shape index (κ1) is 22.2. The van der Waals surface area contributed by atoms with Gasteiger partial charge in [-0.1, -0.05) is 27.7 Å². The fourth-order valence-corrected chi connectivity index (χ4v) is 1.03. The number of hydrogen-bond acceptors (Lipinski definition) is 3.